The Kier molecular flexibility index (Phi) is 7.25. The van der Waals surface area contributed by atoms with Gasteiger partial charge >= 0.3 is 0 Å². The van der Waals surface area contributed by atoms with Gasteiger partial charge in [0.25, 0.3) is 0 Å². The third-order valence-corrected chi connectivity index (χ3v) is 6.88. The Morgan fingerprint density at radius 3 is 1.91 bits per heavy atom. The largest absolute Gasteiger partial charge is 0.325 e. The van der Waals surface area contributed by atoms with Crippen molar-refractivity contribution in [3.63, 3.8) is 0 Å². The summed E-state index contributed by atoms with van der Waals surface area (Å²) in [6.45, 7) is 4.04. The Morgan fingerprint density at radius 1 is 0.829 bits per heavy atom. The van der Waals surface area contributed by atoms with Gasteiger partial charge in [0.05, 0.1) is 10.6 Å². The fraction of sp³-hybridized carbons (Fsp3) is 0.120. The van der Waals surface area contributed by atoms with Gasteiger partial charge in [0, 0.05) is 16.8 Å². The van der Waals surface area contributed by atoms with E-state index in [0.29, 0.717) is 22.2 Å². The summed E-state index contributed by atoms with van der Waals surface area (Å²) in [6.07, 6.45) is 0. The SMILES string of the molecule is Cc1ccc(-c2nnc(SCC(=O)Nc3ccc(S(N)(=O)=O)cc3)nc2-c2ccc(C)cc2)cc1. The van der Waals surface area contributed by atoms with Crippen molar-refractivity contribution < 1.29 is 13.2 Å². The van der Waals surface area contributed by atoms with Crippen molar-refractivity contribution in [1.29, 1.82) is 0 Å². The number of nitrogens with zero attached hydrogens (tertiary/aromatic N) is 3. The van der Waals surface area contributed by atoms with Gasteiger partial charge in [-0.05, 0) is 38.1 Å². The summed E-state index contributed by atoms with van der Waals surface area (Å²) < 4.78 is 22.7. The monoisotopic (exact) mass is 505 g/mol. The Morgan fingerprint density at radius 2 is 1.37 bits per heavy atom. The maximum absolute atomic E-state index is 12.4. The Bertz CT molecular complexity index is 1450. The van der Waals surface area contributed by atoms with Crippen LogP contribution in [0.25, 0.3) is 22.5 Å². The van der Waals surface area contributed by atoms with Gasteiger partial charge in [0.1, 0.15) is 11.4 Å². The number of aromatic nitrogens is 3. The quantitative estimate of drug-likeness (QED) is 0.360. The highest BCUT2D eigenvalue weighted by Crippen LogP contribution is 2.30. The number of nitrogens with two attached hydrogens (primary N) is 1. The first-order chi connectivity index (χ1) is 16.7. The second-order valence-electron chi connectivity index (χ2n) is 7.93. The number of rotatable bonds is 7. The minimum absolute atomic E-state index is 0.0263. The Hall–Kier alpha value is -3.60. The predicted molar refractivity (Wildman–Crippen MR) is 137 cm³/mol. The average Bonchev–Trinajstić information content (AvgIpc) is 2.83. The van der Waals surface area contributed by atoms with Gasteiger partial charge in [-0.25, -0.2) is 18.5 Å². The molecule has 3 N–H and O–H groups in total. The molecule has 0 aliphatic rings. The molecule has 35 heavy (non-hydrogen) atoms. The number of carbonyl (C=O) groups excluding carboxylic acids is 1. The molecule has 0 unspecified atom stereocenters. The third-order valence-electron chi connectivity index (χ3n) is 5.12. The normalized spacial score (nSPS) is 11.3. The van der Waals surface area contributed by atoms with E-state index in [4.69, 9.17) is 10.1 Å². The molecular formula is C25H23N5O3S2. The first kappa shape index (κ1) is 24.5. The van der Waals surface area contributed by atoms with E-state index in [1.54, 1.807) is 0 Å². The fourth-order valence-electron chi connectivity index (χ4n) is 3.25. The summed E-state index contributed by atoms with van der Waals surface area (Å²) in [5.74, 6) is -0.239. The molecule has 0 radical (unpaired) electrons. The van der Waals surface area contributed by atoms with Gasteiger partial charge in [-0.15, -0.1) is 10.2 Å². The van der Waals surface area contributed by atoms with Gasteiger partial charge in [0.2, 0.25) is 21.1 Å². The van der Waals surface area contributed by atoms with Crippen LogP contribution in [-0.2, 0) is 14.8 Å². The van der Waals surface area contributed by atoms with Crippen molar-refractivity contribution in [2.75, 3.05) is 11.1 Å². The van der Waals surface area contributed by atoms with Gasteiger partial charge in [-0.1, -0.05) is 71.4 Å². The van der Waals surface area contributed by atoms with E-state index in [0.717, 1.165) is 34.0 Å². The van der Waals surface area contributed by atoms with Crippen molar-refractivity contribution in [2.45, 2.75) is 23.9 Å². The molecule has 4 rings (SSSR count). The second-order valence-corrected chi connectivity index (χ2v) is 10.4. The predicted octanol–water partition coefficient (Wildman–Crippen LogP) is 4.20. The number of carbonyl (C=O) groups is 1. The maximum atomic E-state index is 12.4. The van der Waals surface area contributed by atoms with Gasteiger partial charge in [-0.2, -0.15) is 0 Å². The van der Waals surface area contributed by atoms with E-state index >= 15 is 0 Å². The highest BCUT2D eigenvalue weighted by atomic mass is 32.2. The van der Waals surface area contributed by atoms with Crippen LogP contribution < -0.4 is 10.5 Å². The lowest BCUT2D eigenvalue weighted by Gasteiger charge is -2.10. The Balaban J connectivity index is 1.53. The van der Waals surface area contributed by atoms with Crippen molar-refractivity contribution in [3.05, 3.63) is 83.9 Å². The topological polar surface area (TPSA) is 128 Å². The minimum Gasteiger partial charge on any atom is -0.325 e. The van der Waals surface area contributed by atoms with Gasteiger partial charge in [-0.3, -0.25) is 4.79 Å². The zero-order valence-electron chi connectivity index (χ0n) is 19.1. The van der Waals surface area contributed by atoms with Crippen LogP contribution in [0.15, 0.2) is 82.8 Å². The van der Waals surface area contributed by atoms with E-state index in [1.165, 1.54) is 24.3 Å². The van der Waals surface area contributed by atoms with Crippen LogP contribution in [0.2, 0.25) is 0 Å². The number of anilines is 1. The number of hydrogen-bond donors (Lipinski definition) is 2. The summed E-state index contributed by atoms with van der Waals surface area (Å²) in [5.41, 5.74) is 5.89. The summed E-state index contributed by atoms with van der Waals surface area (Å²) >= 11 is 1.16. The minimum atomic E-state index is -3.79. The molecule has 0 atom stereocenters. The molecule has 4 aromatic rings. The fourth-order valence-corrected chi connectivity index (χ4v) is 4.35. The molecular weight excluding hydrogens is 482 g/mol. The second kappa shape index (κ2) is 10.3. The van der Waals surface area contributed by atoms with Crippen LogP contribution >= 0.6 is 11.8 Å². The lowest BCUT2D eigenvalue weighted by molar-refractivity contribution is -0.113. The molecule has 1 amide bonds. The molecule has 0 saturated carbocycles. The standard InChI is InChI=1S/C25H23N5O3S2/c1-16-3-7-18(8-4-16)23-24(19-9-5-17(2)6-10-19)29-30-25(28-23)34-15-22(31)27-20-11-13-21(14-12-20)35(26,32)33/h3-14H,15H2,1-2H3,(H,27,31)(H2,26,32,33). The first-order valence-electron chi connectivity index (χ1n) is 10.6. The zero-order valence-corrected chi connectivity index (χ0v) is 20.7. The molecule has 0 aliphatic carbocycles. The Labute approximate surface area is 208 Å². The highest BCUT2D eigenvalue weighted by molar-refractivity contribution is 7.99. The number of thioether (sulfide) groups is 1. The van der Waals surface area contributed by atoms with Crippen molar-refractivity contribution in [1.82, 2.24) is 15.2 Å². The summed E-state index contributed by atoms with van der Waals surface area (Å²) in [6, 6.07) is 21.6. The molecule has 0 fully saturated rings. The number of benzene rings is 3. The van der Waals surface area contributed by atoms with E-state index in [9.17, 15) is 13.2 Å². The summed E-state index contributed by atoms with van der Waals surface area (Å²) in [4.78, 5) is 17.1. The molecule has 0 spiro atoms. The maximum Gasteiger partial charge on any atom is 0.238 e. The number of aryl methyl sites for hydroxylation is 2. The molecule has 1 heterocycles. The molecule has 178 valence electrons. The van der Waals surface area contributed by atoms with Crippen LogP contribution in [0.5, 0.6) is 0 Å². The van der Waals surface area contributed by atoms with Crippen LogP contribution in [-0.4, -0.2) is 35.3 Å². The molecule has 0 aliphatic heterocycles. The van der Waals surface area contributed by atoms with Gasteiger partial charge < -0.3 is 5.32 Å². The van der Waals surface area contributed by atoms with E-state index < -0.39 is 10.0 Å². The van der Waals surface area contributed by atoms with Crippen molar-refractivity contribution in [3.8, 4) is 22.5 Å². The number of sulfonamides is 1. The molecule has 0 saturated heterocycles. The van der Waals surface area contributed by atoms with Crippen molar-refractivity contribution >= 4 is 33.4 Å². The molecule has 0 bridgehead atoms. The van der Waals surface area contributed by atoms with Gasteiger partial charge in [0.15, 0.2) is 0 Å². The van der Waals surface area contributed by atoms with Crippen LogP contribution in [0.4, 0.5) is 5.69 Å². The number of amides is 1. The average molecular weight is 506 g/mol. The third kappa shape index (κ3) is 6.30. The smallest absolute Gasteiger partial charge is 0.238 e. The van der Waals surface area contributed by atoms with Crippen LogP contribution in [0.1, 0.15) is 11.1 Å². The lowest BCUT2D eigenvalue weighted by atomic mass is 10.0. The van der Waals surface area contributed by atoms with E-state index in [2.05, 4.69) is 15.5 Å². The zero-order chi connectivity index (χ0) is 25.0. The van der Waals surface area contributed by atoms with Crippen LogP contribution in [0.3, 0.4) is 0 Å². The summed E-state index contributed by atoms with van der Waals surface area (Å²) in [7, 11) is -3.79. The molecule has 8 nitrogen and oxygen atoms in total. The number of hydrogen-bond acceptors (Lipinski definition) is 7. The molecule has 10 heteroatoms. The van der Waals surface area contributed by atoms with E-state index in [-0.39, 0.29) is 16.6 Å². The molecule has 3 aromatic carbocycles. The first-order valence-corrected chi connectivity index (χ1v) is 13.2. The van der Waals surface area contributed by atoms with Crippen LogP contribution in [0, 0.1) is 13.8 Å². The molecule has 1 aromatic heterocycles. The van der Waals surface area contributed by atoms with E-state index in [1.807, 2.05) is 62.4 Å². The number of primary sulfonamides is 1. The summed E-state index contributed by atoms with van der Waals surface area (Å²) in [5, 5.41) is 16.9. The lowest BCUT2D eigenvalue weighted by Crippen LogP contribution is -2.15. The highest BCUT2D eigenvalue weighted by Gasteiger charge is 2.15. The van der Waals surface area contributed by atoms with Crippen molar-refractivity contribution in [2.24, 2.45) is 5.14 Å². The number of nitrogens with one attached hydrogen (secondary N) is 1.